The summed E-state index contributed by atoms with van der Waals surface area (Å²) in [5.41, 5.74) is 1.41. The molecule has 100 valence electrons. The number of carbonyl (C=O) groups is 2. The van der Waals surface area contributed by atoms with E-state index in [2.05, 4.69) is 0 Å². The second kappa shape index (κ2) is 4.26. The zero-order valence-corrected chi connectivity index (χ0v) is 10.9. The fourth-order valence-corrected chi connectivity index (χ4v) is 2.93. The molecule has 0 saturated carbocycles. The maximum atomic E-state index is 12.5. The molecule has 0 bridgehead atoms. The fourth-order valence-electron chi connectivity index (χ4n) is 2.93. The molecule has 1 atom stereocenters. The second-order valence-electron chi connectivity index (χ2n) is 4.77. The third kappa shape index (κ3) is 1.61. The van der Waals surface area contributed by atoms with Crippen molar-refractivity contribution in [2.45, 2.75) is 18.9 Å². The number of nitrogens with zero attached hydrogens (tertiary/aromatic N) is 1. The monoisotopic (exact) mass is 261 g/mol. The summed E-state index contributed by atoms with van der Waals surface area (Å²) in [5.74, 6) is 1.15. The molecule has 3 rings (SSSR count). The molecule has 1 fully saturated rings. The smallest absolute Gasteiger partial charge is 0.258 e. The van der Waals surface area contributed by atoms with Gasteiger partial charge in [-0.3, -0.25) is 9.59 Å². The number of carbonyl (C=O) groups excluding carboxylic acids is 2. The van der Waals surface area contributed by atoms with Gasteiger partial charge in [0, 0.05) is 19.4 Å². The standard InChI is InChI=1S/C14H15NO4/c1-18-11-4-3-9-10-7-8(16)5-6-15(10)14(17)12(9)13(11)19-2/h3-4,10H,5-7H2,1-2H3. The van der Waals surface area contributed by atoms with Crippen LogP contribution < -0.4 is 9.47 Å². The summed E-state index contributed by atoms with van der Waals surface area (Å²) < 4.78 is 10.5. The molecule has 5 nitrogen and oxygen atoms in total. The van der Waals surface area contributed by atoms with Gasteiger partial charge in [-0.15, -0.1) is 0 Å². The van der Waals surface area contributed by atoms with Gasteiger partial charge < -0.3 is 14.4 Å². The first-order valence-electron chi connectivity index (χ1n) is 6.25. The van der Waals surface area contributed by atoms with E-state index in [0.29, 0.717) is 36.4 Å². The van der Waals surface area contributed by atoms with Gasteiger partial charge in [-0.25, -0.2) is 0 Å². The molecule has 1 aromatic carbocycles. The van der Waals surface area contributed by atoms with Gasteiger partial charge >= 0.3 is 0 Å². The highest BCUT2D eigenvalue weighted by Gasteiger charge is 2.42. The first-order valence-corrected chi connectivity index (χ1v) is 6.25. The van der Waals surface area contributed by atoms with Gasteiger partial charge in [0.1, 0.15) is 5.78 Å². The largest absolute Gasteiger partial charge is 0.493 e. The molecule has 1 saturated heterocycles. The van der Waals surface area contributed by atoms with Crippen molar-refractivity contribution in [2.75, 3.05) is 20.8 Å². The number of amides is 1. The topological polar surface area (TPSA) is 55.8 Å². The van der Waals surface area contributed by atoms with Gasteiger partial charge in [-0.05, 0) is 11.6 Å². The molecule has 0 spiro atoms. The van der Waals surface area contributed by atoms with E-state index in [9.17, 15) is 9.59 Å². The molecule has 0 radical (unpaired) electrons. The molecule has 0 N–H and O–H groups in total. The van der Waals surface area contributed by atoms with Crippen LogP contribution in [0.1, 0.15) is 34.8 Å². The van der Waals surface area contributed by atoms with Crippen molar-refractivity contribution in [3.8, 4) is 11.5 Å². The number of Topliss-reactive ketones (excluding diaryl/α,β-unsaturated/α-hetero) is 1. The van der Waals surface area contributed by atoms with Gasteiger partial charge in [-0.2, -0.15) is 0 Å². The van der Waals surface area contributed by atoms with Crippen molar-refractivity contribution in [3.05, 3.63) is 23.3 Å². The molecule has 1 unspecified atom stereocenters. The molecule has 1 amide bonds. The van der Waals surface area contributed by atoms with E-state index in [4.69, 9.17) is 9.47 Å². The summed E-state index contributed by atoms with van der Waals surface area (Å²) in [5, 5.41) is 0. The fraction of sp³-hybridized carbons (Fsp3) is 0.429. The Morgan fingerprint density at radius 3 is 2.68 bits per heavy atom. The number of ketones is 1. The Morgan fingerprint density at radius 2 is 2.00 bits per heavy atom. The van der Waals surface area contributed by atoms with E-state index in [1.165, 1.54) is 7.11 Å². The van der Waals surface area contributed by atoms with Gasteiger partial charge in [0.2, 0.25) is 0 Å². The third-order valence-corrected chi connectivity index (χ3v) is 3.84. The number of fused-ring (bicyclic) bond motifs is 3. The Hall–Kier alpha value is -2.04. The number of rotatable bonds is 2. The zero-order chi connectivity index (χ0) is 13.6. The molecule has 2 heterocycles. The molecule has 5 heteroatoms. The number of methoxy groups -OCH3 is 2. The van der Waals surface area contributed by atoms with Crippen LogP contribution in [0.25, 0.3) is 0 Å². The quantitative estimate of drug-likeness (QED) is 0.810. The van der Waals surface area contributed by atoms with E-state index in [1.807, 2.05) is 6.07 Å². The molecule has 2 aliphatic heterocycles. The molecule has 19 heavy (non-hydrogen) atoms. The maximum absolute atomic E-state index is 12.5. The lowest BCUT2D eigenvalue weighted by atomic mass is 9.96. The Kier molecular flexibility index (Phi) is 2.69. The number of hydrogen-bond donors (Lipinski definition) is 0. The van der Waals surface area contributed by atoms with Crippen LogP contribution in [-0.4, -0.2) is 37.4 Å². The van der Waals surface area contributed by atoms with E-state index >= 15 is 0 Å². The molecule has 2 aliphatic rings. The minimum absolute atomic E-state index is 0.0664. The zero-order valence-electron chi connectivity index (χ0n) is 10.9. The van der Waals surface area contributed by atoms with Crippen molar-refractivity contribution in [3.63, 3.8) is 0 Å². The number of piperidine rings is 1. The highest BCUT2D eigenvalue weighted by atomic mass is 16.5. The third-order valence-electron chi connectivity index (χ3n) is 3.84. The van der Waals surface area contributed by atoms with Crippen LogP contribution in [0.2, 0.25) is 0 Å². The van der Waals surface area contributed by atoms with Gasteiger partial charge in [0.25, 0.3) is 5.91 Å². The predicted octanol–water partition coefficient (Wildman–Crippen LogP) is 1.56. The predicted molar refractivity (Wildman–Crippen MR) is 67.6 cm³/mol. The van der Waals surface area contributed by atoms with Crippen LogP contribution in [0.3, 0.4) is 0 Å². The Balaban J connectivity index is 2.15. The summed E-state index contributed by atoms with van der Waals surface area (Å²) >= 11 is 0. The first kappa shape index (κ1) is 12.0. The highest BCUT2D eigenvalue weighted by molar-refractivity contribution is 6.04. The van der Waals surface area contributed by atoms with Crippen LogP contribution in [0.15, 0.2) is 12.1 Å². The minimum Gasteiger partial charge on any atom is -0.493 e. The van der Waals surface area contributed by atoms with Crippen molar-refractivity contribution in [1.29, 1.82) is 0 Å². The number of hydrogen-bond acceptors (Lipinski definition) is 4. The van der Waals surface area contributed by atoms with Crippen molar-refractivity contribution in [1.82, 2.24) is 4.90 Å². The number of ether oxygens (including phenoxy) is 2. The van der Waals surface area contributed by atoms with Crippen molar-refractivity contribution >= 4 is 11.7 Å². The van der Waals surface area contributed by atoms with Crippen LogP contribution >= 0.6 is 0 Å². The first-order chi connectivity index (χ1) is 9.17. The van der Waals surface area contributed by atoms with Gasteiger partial charge in [-0.1, -0.05) is 6.07 Å². The average Bonchev–Trinajstić information content (AvgIpc) is 2.71. The van der Waals surface area contributed by atoms with Gasteiger partial charge in [0.15, 0.2) is 11.5 Å². The van der Waals surface area contributed by atoms with Crippen LogP contribution in [0.5, 0.6) is 11.5 Å². The lowest BCUT2D eigenvalue weighted by Crippen LogP contribution is -2.35. The van der Waals surface area contributed by atoms with Gasteiger partial charge in [0.05, 0.1) is 25.8 Å². The van der Waals surface area contributed by atoms with Crippen LogP contribution in [-0.2, 0) is 4.79 Å². The van der Waals surface area contributed by atoms with Crippen molar-refractivity contribution in [2.24, 2.45) is 0 Å². The lowest BCUT2D eigenvalue weighted by molar-refractivity contribution is -0.122. The summed E-state index contributed by atoms with van der Waals surface area (Å²) in [4.78, 5) is 25.8. The van der Waals surface area contributed by atoms with E-state index < -0.39 is 0 Å². The molecule has 0 aliphatic carbocycles. The summed E-state index contributed by atoms with van der Waals surface area (Å²) in [7, 11) is 3.06. The van der Waals surface area contributed by atoms with Crippen LogP contribution in [0, 0.1) is 0 Å². The highest BCUT2D eigenvalue weighted by Crippen LogP contribution is 2.45. The summed E-state index contributed by atoms with van der Waals surface area (Å²) in [6.07, 6.45) is 0.837. The second-order valence-corrected chi connectivity index (χ2v) is 4.77. The summed E-state index contributed by atoms with van der Waals surface area (Å²) in [6, 6.07) is 3.51. The molecular weight excluding hydrogens is 246 g/mol. The van der Waals surface area contributed by atoms with Crippen LogP contribution in [0.4, 0.5) is 0 Å². The normalized spacial score (nSPS) is 21.2. The molecule has 0 aromatic heterocycles. The minimum atomic E-state index is -0.136. The Morgan fingerprint density at radius 1 is 1.21 bits per heavy atom. The Labute approximate surface area is 111 Å². The number of benzene rings is 1. The van der Waals surface area contributed by atoms with Crippen molar-refractivity contribution < 1.29 is 19.1 Å². The Bertz CT molecular complexity index is 567. The molecule has 1 aromatic rings. The average molecular weight is 261 g/mol. The molecular formula is C14H15NO4. The van der Waals surface area contributed by atoms with E-state index in [-0.39, 0.29) is 17.7 Å². The SMILES string of the molecule is COc1ccc2c(c1OC)C(=O)N1CCC(=O)CC21. The summed E-state index contributed by atoms with van der Waals surface area (Å²) in [6.45, 7) is 0.489. The maximum Gasteiger partial charge on any atom is 0.258 e. The lowest BCUT2D eigenvalue weighted by Gasteiger charge is -2.28. The van der Waals surface area contributed by atoms with E-state index in [1.54, 1.807) is 18.1 Å². The van der Waals surface area contributed by atoms with E-state index in [0.717, 1.165) is 5.56 Å².